The molecule has 2 heterocycles. The lowest BCUT2D eigenvalue weighted by Crippen LogP contribution is -2.28. The second-order valence-corrected chi connectivity index (χ2v) is 6.12. The first-order chi connectivity index (χ1) is 8.87. The predicted molar refractivity (Wildman–Crippen MR) is 73.2 cm³/mol. The molecule has 5 heteroatoms. The molecule has 0 aromatic carbocycles. The van der Waals surface area contributed by atoms with Crippen LogP contribution < -0.4 is 5.32 Å². The summed E-state index contributed by atoms with van der Waals surface area (Å²) < 4.78 is 7.01. The van der Waals surface area contributed by atoms with Crippen molar-refractivity contribution >= 4 is 5.97 Å². The number of esters is 1. The summed E-state index contributed by atoms with van der Waals surface area (Å²) in [5, 5.41) is 7.83. The minimum absolute atomic E-state index is 0.308. The molecule has 0 aliphatic carbocycles. The molecule has 1 N–H and O–H groups in total. The van der Waals surface area contributed by atoms with E-state index >= 15 is 0 Å². The van der Waals surface area contributed by atoms with Gasteiger partial charge in [0.25, 0.3) is 0 Å². The van der Waals surface area contributed by atoms with Gasteiger partial charge in [-0.3, -0.25) is 4.68 Å². The zero-order chi connectivity index (χ0) is 14.0. The maximum atomic E-state index is 12.1. The zero-order valence-corrected chi connectivity index (χ0v) is 12.2. The van der Waals surface area contributed by atoms with Crippen LogP contribution in [0.25, 0.3) is 0 Å². The van der Waals surface area contributed by atoms with Crippen molar-refractivity contribution in [2.24, 2.45) is 7.05 Å². The van der Waals surface area contributed by atoms with Crippen molar-refractivity contribution in [3.05, 3.63) is 17.5 Å². The number of nitrogens with one attached hydrogen (secondary N) is 1. The average Bonchev–Trinajstić information content (AvgIpc) is 2.70. The molecule has 0 radical (unpaired) electrons. The lowest BCUT2D eigenvalue weighted by atomic mass is 9.96. The van der Waals surface area contributed by atoms with Gasteiger partial charge in [0.1, 0.15) is 11.3 Å². The highest BCUT2D eigenvalue weighted by Gasteiger charge is 2.24. The van der Waals surface area contributed by atoms with E-state index in [9.17, 15) is 4.79 Å². The maximum absolute atomic E-state index is 12.1. The Morgan fingerprint density at radius 1 is 1.53 bits per heavy atom. The molecule has 106 valence electrons. The largest absolute Gasteiger partial charge is 0.455 e. The summed E-state index contributed by atoms with van der Waals surface area (Å²) in [6, 6.07) is 1.87. The third kappa shape index (κ3) is 3.56. The van der Waals surface area contributed by atoms with Crippen molar-refractivity contribution in [1.29, 1.82) is 0 Å². The van der Waals surface area contributed by atoms with Gasteiger partial charge in [0.05, 0.1) is 5.69 Å². The Labute approximate surface area is 114 Å². The van der Waals surface area contributed by atoms with Gasteiger partial charge in [0.2, 0.25) is 0 Å². The number of ether oxygens (including phenoxy) is 1. The number of aryl methyl sites for hydroxylation is 1. The molecule has 1 unspecified atom stereocenters. The molecule has 1 fully saturated rings. The Morgan fingerprint density at radius 3 is 2.84 bits per heavy atom. The molecule has 1 aromatic rings. The molecule has 1 aliphatic heterocycles. The SMILES string of the molecule is Cn1nc(C2CCCNC2)cc1C(=O)OC(C)(C)C. The van der Waals surface area contributed by atoms with Gasteiger partial charge in [-0.1, -0.05) is 0 Å². The zero-order valence-electron chi connectivity index (χ0n) is 12.2. The lowest BCUT2D eigenvalue weighted by molar-refractivity contribution is 0.00576. The van der Waals surface area contributed by atoms with Gasteiger partial charge in [-0.15, -0.1) is 0 Å². The predicted octanol–water partition coefficient (Wildman–Crippen LogP) is 1.84. The van der Waals surface area contributed by atoms with E-state index in [1.807, 2.05) is 26.8 Å². The molecule has 1 aromatic heterocycles. The third-order valence-corrected chi connectivity index (χ3v) is 3.22. The quantitative estimate of drug-likeness (QED) is 0.829. The fourth-order valence-electron chi connectivity index (χ4n) is 2.31. The molecule has 0 amide bonds. The summed E-state index contributed by atoms with van der Waals surface area (Å²) in [7, 11) is 1.79. The number of carbonyl (C=O) groups is 1. The van der Waals surface area contributed by atoms with Gasteiger partial charge in [0.15, 0.2) is 0 Å². The number of nitrogens with zero attached hydrogens (tertiary/aromatic N) is 2. The van der Waals surface area contributed by atoms with Crippen molar-refractivity contribution in [3.8, 4) is 0 Å². The molecule has 1 aliphatic rings. The molecule has 2 rings (SSSR count). The summed E-state index contributed by atoms with van der Waals surface area (Å²) in [6.07, 6.45) is 2.28. The third-order valence-electron chi connectivity index (χ3n) is 3.22. The van der Waals surface area contributed by atoms with Crippen LogP contribution in [0.2, 0.25) is 0 Å². The van der Waals surface area contributed by atoms with E-state index in [1.165, 1.54) is 0 Å². The van der Waals surface area contributed by atoms with Gasteiger partial charge < -0.3 is 10.1 Å². The van der Waals surface area contributed by atoms with E-state index in [2.05, 4.69) is 10.4 Å². The Balaban J connectivity index is 2.14. The number of carbonyl (C=O) groups excluding carboxylic acids is 1. The standard InChI is InChI=1S/C14H23N3O2/c1-14(2,3)19-13(18)12-8-11(16-17(12)4)10-6-5-7-15-9-10/h8,10,15H,5-7,9H2,1-4H3. The Kier molecular flexibility index (Phi) is 3.94. The molecule has 1 atom stereocenters. The molecule has 19 heavy (non-hydrogen) atoms. The highest BCUT2D eigenvalue weighted by Crippen LogP contribution is 2.23. The van der Waals surface area contributed by atoms with Crippen LogP contribution in [0, 0.1) is 0 Å². The molecule has 1 saturated heterocycles. The fraction of sp³-hybridized carbons (Fsp3) is 0.714. The summed E-state index contributed by atoms with van der Waals surface area (Å²) >= 11 is 0. The van der Waals surface area contributed by atoms with E-state index in [4.69, 9.17) is 4.74 Å². The summed E-state index contributed by atoms with van der Waals surface area (Å²) in [6.45, 7) is 7.61. The number of rotatable bonds is 2. The minimum Gasteiger partial charge on any atom is -0.455 e. The second-order valence-electron chi connectivity index (χ2n) is 6.12. The van der Waals surface area contributed by atoms with Gasteiger partial charge in [-0.05, 0) is 46.2 Å². The summed E-state index contributed by atoms with van der Waals surface area (Å²) in [5.74, 6) is 0.0913. The smallest absolute Gasteiger partial charge is 0.357 e. The van der Waals surface area contributed by atoms with Crippen LogP contribution in [0.4, 0.5) is 0 Å². The Morgan fingerprint density at radius 2 is 2.26 bits per heavy atom. The van der Waals surface area contributed by atoms with Crippen LogP contribution in [-0.4, -0.2) is 34.4 Å². The van der Waals surface area contributed by atoms with E-state index in [-0.39, 0.29) is 5.97 Å². The van der Waals surface area contributed by atoms with E-state index in [0.717, 1.165) is 31.6 Å². The van der Waals surface area contributed by atoms with Crippen LogP contribution in [0.5, 0.6) is 0 Å². The molecule has 5 nitrogen and oxygen atoms in total. The first-order valence-corrected chi connectivity index (χ1v) is 6.85. The second kappa shape index (κ2) is 5.33. The minimum atomic E-state index is -0.478. The monoisotopic (exact) mass is 265 g/mol. The van der Waals surface area contributed by atoms with Crippen LogP contribution in [0.15, 0.2) is 6.07 Å². The fourth-order valence-corrected chi connectivity index (χ4v) is 2.31. The average molecular weight is 265 g/mol. The molecular formula is C14H23N3O2. The van der Waals surface area contributed by atoms with Crippen LogP contribution in [-0.2, 0) is 11.8 Å². The Bertz CT molecular complexity index is 454. The Hall–Kier alpha value is -1.36. The van der Waals surface area contributed by atoms with Crippen LogP contribution >= 0.6 is 0 Å². The van der Waals surface area contributed by atoms with Gasteiger partial charge >= 0.3 is 5.97 Å². The highest BCUT2D eigenvalue weighted by atomic mass is 16.6. The van der Waals surface area contributed by atoms with Gasteiger partial charge in [-0.25, -0.2) is 4.79 Å². The summed E-state index contributed by atoms with van der Waals surface area (Å²) in [4.78, 5) is 12.1. The first kappa shape index (κ1) is 14.1. The van der Waals surface area contributed by atoms with Gasteiger partial charge in [0, 0.05) is 19.5 Å². The van der Waals surface area contributed by atoms with Gasteiger partial charge in [-0.2, -0.15) is 5.10 Å². The number of hydrogen-bond acceptors (Lipinski definition) is 4. The number of aromatic nitrogens is 2. The lowest BCUT2D eigenvalue weighted by Gasteiger charge is -2.20. The molecular weight excluding hydrogens is 242 g/mol. The normalized spacial score (nSPS) is 20.3. The van der Waals surface area contributed by atoms with Crippen molar-refractivity contribution in [1.82, 2.24) is 15.1 Å². The van der Waals surface area contributed by atoms with E-state index in [0.29, 0.717) is 11.6 Å². The van der Waals surface area contributed by atoms with Crippen molar-refractivity contribution < 1.29 is 9.53 Å². The number of hydrogen-bond donors (Lipinski definition) is 1. The summed E-state index contributed by atoms with van der Waals surface area (Å²) in [5.41, 5.74) is 1.03. The maximum Gasteiger partial charge on any atom is 0.357 e. The van der Waals surface area contributed by atoms with Crippen LogP contribution in [0.3, 0.4) is 0 Å². The van der Waals surface area contributed by atoms with Crippen LogP contribution in [0.1, 0.15) is 55.7 Å². The first-order valence-electron chi connectivity index (χ1n) is 6.85. The topological polar surface area (TPSA) is 56.2 Å². The van der Waals surface area contributed by atoms with E-state index < -0.39 is 5.60 Å². The molecule has 0 bridgehead atoms. The van der Waals surface area contributed by atoms with Crippen molar-refractivity contribution in [3.63, 3.8) is 0 Å². The van der Waals surface area contributed by atoms with Crippen molar-refractivity contribution in [2.45, 2.75) is 45.1 Å². The number of piperidine rings is 1. The van der Waals surface area contributed by atoms with E-state index in [1.54, 1.807) is 11.7 Å². The van der Waals surface area contributed by atoms with Crippen molar-refractivity contribution in [2.75, 3.05) is 13.1 Å². The highest BCUT2D eigenvalue weighted by molar-refractivity contribution is 5.88. The molecule has 0 spiro atoms. The molecule has 0 saturated carbocycles.